The highest BCUT2D eigenvalue weighted by Crippen LogP contribution is 2.01. The van der Waals surface area contributed by atoms with Gasteiger partial charge in [-0.3, -0.25) is 0 Å². The average Bonchev–Trinajstić information content (AvgIpc) is 2.36. The Kier molecular flexibility index (Phi) is 12.3. The molecule has 0 aliphatic rings. The van der Waals surface area contributed by atoms with E-state index in [1.807, 2.05) is 0 Å². The van der Waals surface area contributed by atoms with Crippen LogP contribution in [0.3, 0.4) is 0 Å². The second-order valence-corrected chi connectivity index (χ2v) is 7.27. The van der Waals surface area contributed by atoms with Crippen LogP contribution in [-0.4, -0.2) is 60.9 Å². The van der Waals surface area contributed by atoms with E-state index in [-0.39, 0.29) is 12.1 Å². The quantitative estimate of drug-likeness (QED) is 0.457. The van der Waals surface area contributed by atoms with Crippen molar-refractivity contribution in [1.29, 1.82) is 0 Å². The molecule has 0 aromatic heterocycles. The van der Waals surface area contributed by atoms with Crippen LogP contribution < -0.4 is 10.6 Å². The Morgan fingerprint density at radius 1 is 0.905 bits per heavy atom. The first kappa shape index (κ1) is 20.8. The number of hydrogen-bond acceptors (Lipinski definition) is 4. The third-order valence-corrected chi connectivity index (χ3v) is 3.43. The molecule has 4 nitrogen and oxygen atoms in total. The lowest BCUT2D eigenvalue weighted by atomic mass is 10.1. The zero-order valence-electron chi connectivity index (χ0n) is 15.0. The molecule has 0 unspecified atom stereocenters. The summed E-state index contributed by atoms with van der Waals surface area (Å²) in [6.45, 7) is 16.4. The Balaban J connectivity index is 3.62. The molecule has 0 aliphatic heterocycles. The number of aliphatic hydroxyl groups is 1. The summed E-state index contributed by atoms with van der Waals surface area (Å²) in [6, 6.07) is 0.578. The van der Waals surface area contributed by atoms with Gasteiger partial charge in [-0.05, 0) is 72.6 Å². The summed E-state index contributed by atoms with van der Waals surface area (Å²) in [7, 11) is 0. The summed E-state index contributed by atoms with van der Waals surface area (Å²) in [6.07, 6.45) is 4.83. The highest BCUT2D eigenvalue weighted by molar-refractivity contribution is 4.70. The standard InChI is InChI=1S/C17H39N3O/c1-16(2)18-10-6-8-12-20(14-15-21)13-9-7-11-19-17(3,4)5/h16,18-19,21H,6-15H2,1-5H3. The molecule has 0 aliphatic carbocycles. The van der Waals surface area contributed by atoms with Gasteiger partial charge in [0.25, 0.3) is 0 Å². The van der Waals surface area contributed by atoms with E-state index in [0.717, 1.165) is 32.7 Å². The van der Waals surface area contributed by atoms with Crippen LogP contribution in [0.1, 0.15) is 60.3 Å². The highest BCUT2D eigenvalue weighted by atomic mass is 16.3. The SMILES string of the molecule is CC(C)NCCCCN(CCO)CCCCNC(C)(C)C. The molecule has 3 N–H and O–H groups in total. The third-order valence-electron chi connectivity index (χ3n) is 3.43. The summed E-state index contributed by atoms with van der Waals surface area (Å²) < 4.78 is 0. The molecule has 0 saturated heterocycles. The molecular weight excluding hydrogens is 262 g/mol. The van der Waals surface area contributed by atoms with Crippen molar-refractivity contribution in [2.24, 2.45) is 0 Å². The van der Waals surface area contributed by atoms with Crippen molar-refractivity contribution < 1.29 is 5.11 Å². The molecule has 0 aromatic rings. The maximum absolute atomic E-state index is 9.16. The van der Waals surface area contributed by atoms with E-state index in [0.29, 0.717) is 6.04 Å². The average molecular weight is 302 g/mol. The van der Waals surface area contributed by atoms with E-state index in [1.54, 1.807) is 0 Å². The van der Waals surface area contributed by atoms with Crippen molar-refractivity contribution in [1.82, 2.24) is 15.5 Å². The Morgan fingerprint density at radius 3 is 1.95 bits per heavy atom. The first-order chi connectivity index (χ1) is 9.85. The van der Waals surface area contributed by atoms with E-state index < -0.39 is 0 Å². The number of hydrogen-bond donors (Lipinski definition) is 3. The van der Waals surface area contributed by atoms with Gasteiger partial charge in [-0.15, -0.1) is 0 Å². The number of aliphatic hydroxyl groups excluding tert-OH is 1. The van der Waals surface area contributed by atoms with E-state index in [2.05, 4.69) is 50.2 Å². The monoisotopic (exact) mass is 301 g/mol. The lowest BCUT2D eigenvalue weighted by Gasteiger charge is -2.23. The molecule has 0 atom stereocenters. The van der Waals surface area contributed by atoms with Crippen molar-refractivity contribution in [2.45, 2.75) is 71.9 Å². The molecule has 0 bridgehead atoms. The van der Waals surface area contributed by atoms with Gasteiger partial charge in [0.2, 0.25) is 0 Å². The molecule has 0 aromatic carbocycles. The van der Waals surface area contributed by atoms with Gasteiger partial charge in [-0.2, -0.15) is 0 Å². The smallest absolute Gasteiger partial charge is 0.0558 e. The van der Waals surface area contributed by atoms with Crippen LogP contribution in [0.4, 0.5) is 0 Å². The van der Waals surface area contributed by atoms with Crippen LogP contribution in [0.2, 0.25) is 0 Å². The molecular formula is C17H39N3O. The molecule has 128 valence electrons. The number of rotatable bonds is 13. The third kappa shape index (κ3) is 16.0. The molecule has 21 heavy (non-hydrogen) atoms. The lowest BCUT2D eigenvalue weighted by Crippen LogP contribution is -2.37. The van der Waals surface area contributed by atoms with Crippen LogP contribution in [0.15, 0.2) is 0 Å². The summed E-state index contributed by atoms with van der Waals surface area (Å²) in [5, 5.41) is 16.1. The van der Waals surface area contributed by atoms with Crippen LogP contribution in [0.5, 0.6) is 0 Å². The normalized spacial score (nSPS) is 12.6. The number of unbranched alkanes of at least 4 members (excludes halogenated alkanes) is 2. The molecule has 0 rings (SSSR count). The fraction of sp³-hybridized carbons (Fsp3) is 1.00. The van der Waals surface area contributed by atoms with Gasteiger partial charge in [-0.1, -0.05) is 13.8 Å². The van der Waals surface area contributed by atoms with Crippen molar-refractivity contribution in [3.8, 4) is 0 Å². The Morgan fingerprint density at radius 2 is 1.48 bits per heavy atom. The summed E-state index contributed by atoms with van der Waals surface area (Å²) in [4.78, 5) is 2.40. The van der Waals surface area contributed by atoms with E-state index in [1.165, 1.54) is 25.7 Å². The van der Waals surface area contributed by atoms with Gasteiger partial charge in [0.05, 0.1) is 6.61 Å². The van der Waals surface area contributed by atoms with Crippen molar-refractivity contribution in [3.05, 3.63) is 0 Å². The maximum atomic E-state index is 9.16. The first-order valence-corrected chi connectivity index (χ1v) is 8.67. The second kappa shape index (κ2) is 12.4. The number of nitrogens with one attached hydrogen (secondary N) is 2. The minimum Gasteiger partial charge on any atom is -0.395 e. The van der Waals surface area contributed by atoms with Crippen LogP contribution in [-0.2, 0) is 0 Å². The molecule has 0 radical (unpaired) electrons. The minimum absolute atomic E-state index is 0.216. The first-order valence-electron chi connectivity index (χ1n) is 8.67. The topological polar surface area (TPSA) is 47.5 Å². The van der Waals surface area contributed by atoms with Crippen LogP contribution in [0, 0.1) is 0 Å². The molecule has 0 amide bonds. The highest BCUT2D eigenvalue weighted by Gasteiger charge is 2.08. The van der Waals surface area contributed by atoms with Crippen LogP contribution >= 0.6 is 0 Å². The maximum Gasteiger partial charge on any atom is 0.0558 e. The molecule has 0 heterocycles. The fourth-order valence-corrected chi connectivity index (χ4v) is 2.25. The summed E-state index contributed by atoms with van der Waals surface area (Å²) >= 11 is 0. The second-order valence-electron chi connectivity index (χ2n) is 7.27. The molecule has 0 spiro atoms. The van der Waals surface area contributed by atoms with E-state index in [4.69, 9.17) is 5.11 Å². The van der Waals surface area contributed by atoms with Crippen molar-refractivity contribution in [3.63, 3.8) is 0 Å². The number of nitrogens with zero attached hydrogens (tertiary/aromatic N) is 1. The van der Waals surface area contributed by atoms with E-state index in [9.17, 15) is 0 Å². The Bertz CT molecular complexity index is 227. The minimum atomic E-state index is 0.216. The predicted molar refractivity (Wildman–Crippen MR) is 92.9 cm³/mol. The Hall–Kier alpha value is -0.160. The van der Waals surface area contributed by atoms with Crippen molar-refractivity contribution in [2.75, 3.05) is 39.3 Å². The lowest BCUT2D eigenvalue weighted by molar-refractivity contribution is 0.190. The van der Waals surface area contributed by atoms with Gasteiger partial charge < -0.3 is 20.6 Å². The largest absolute Gasteiger partial charge is 0.395 e. The summed E-state index contributed by atoms with van der Waals surface area (Å²) in [5.74, 6) is 0. The van der Waals surface area contributed by atoms with Gasteiger partial charge in [0.15, 0.2) is 0 Å². The zero-order chi connectivity index (χ0) is 16.1. The van der Waals surface area contributed by atoms with Gasteiger partial charge in [0, 0.05) is 18.1 Å². The Labute approximate surface area is 132 Å². The van der Waals surface area contributed by atoms with Gasteiger partial charge >= 0.3 is 0 Å². The van der Waals surface area contributed by atoms with Crippen molar-refractivity contribution >= 4 is 0 Å². The molecule has 0 fully saturated rings. The van der Waals surface area contributed by atoms with Gasteiger partial charge in [0.1, 0.15) is 0 Å². The molecule has 0 saturated carbocycles. The van der Waals surface area contributed by atoms with E-state index >= 15 is 0 Å². The van der Waals surface area contributed by atoms with Gasteiger partial charge in [-0.25, -0.2) is 0 Å². The predicted octanol–water partition coefficient (Wildman–Crippen LogP) is 2.23. The van der Waals surface area contributed by atoms with Crippen LogP contribution in [0.25, 0.3) is 0 Å². The summed E-state index contributed by atoms with van der Waals surface area (Å²) in [5.41, 5.74) is 0.216. The fourth-order valence-electron chi connectivity index (χ4n) is 2.25. The zero-order valence-corrected chi connectivity index (χ0v) is 15.0. The molecule has 4 heteroatoms.